The normalized spacial score (nSPS) is 11.7. The molecule has 0 saturated carbocycles. The molecule has 2 aromatic carbocycles. The van der Waals surface area contributed by atoms with E-state index in [2.05, 4.69) is 0 Å². The van der Waals surface area contributed by atoms with Crippen LogP contribution in [-0.2, 0) is 6.42 Å². The van der Waals surface area contributed by atoms with Gasteiger partial charge < -0.3 is 34.7 Å². The van der Waals surface area contributed by atoms with E-state index in [1.54, 1.807) is 13.8 Å². The molecule has 0 spiro atoms. The van der Waals surface area contributed by atoms with Crippen molar-refractivity contribution in [1.29, 1.82) is 0 Å². The molecule has 0 saturated heterocycles. The number of hydrogen-bond acceptors (Lipinski definition) is 8. The third kappa shape index (κ3) is 3.79. The van der Waals surface area contributed by atoms with Gasteiger partial charge in [0.2, 0.25) is 5.43 Å². The Morgan fingerprint density at radius 3 is 2.34 bits per heavy atom. The van der Waals surface area contributed by atoms with Gasteiger partial charge in [-0.1, -0.05) is 0 Å². The zero-order chi connectivity index (χ0) is 21.5. The van der Waals surface area contributed by atoms with E-state index in [0.29, 0.717) is 0 Å². The van der Waals surface area contributed by atoms with Crippen LogP contribution in [0.5, 0.6) is 28.7 Å². The van der Waals surface area contributed by atoms with Gasteiger partial charge >= 0.3 is 0 Å². The van der Waals surface area contributed by atoms with Crippen molar-refractivity contribution in [3.63, 3.8) is 0 Å². The van der Waals surface area contributed by atoms with E-state index < -0.39 is 16.8 Å². The Kier molecular flexibility index (Phi) is 5.06. The van der Waals surface area contributed by atoms with E-state index in [1.165, 1.54) is 19.2 Å². The predicted octanol–water partition coefficient (Wildman–Crippen LogP) is 2.99. The summed E-state index contributed by atoms with van der Waals surface area (Å²) in [7, 11) is 1.33. The van der Waals surface area contributed by atoms with Gasteiger partial charge in [0, 0.05) is 23.3 Å². The number of hydrogen-bond donors (Lipinski definition) is 5. The lowest BCUT2D eigenvalue weighted by Crippen LogP contribution is -2.19. The Bertz CT molecular complexity index is 1140. The Hall–Kier alpha value is -3.39. The Morgan fingerprint density at radius 1 is 1.03 bits per heavy atom. The molecule has 3 aromatic rings. The molecule has 154 valence electrons. The van der Waals surface area contributed by atoms with Gasteiger partial charge in [-0.3, -0.25) is 4.79 Å². The van der Waals surface area contributed by atoms with Crippen LogP contribution in [0.25, 0.3) is 22.1 Å². The van der Waals surface area contributed by atoms with Crippen molar-refractivity contribution in [1.82, 2.24) is 0 Å². The van der Waals surface area contributed by atoms with Gasteiger partial charge in [0.05, 0.1) is 18.3 Å². The number of phenols is 4. The third-order valence-corrected chi connectivity index (χ3v) is 4.67. The molecule has 8 nitrogen and oxygen atoms in total. The molecule has 0 amide bonds. The molecule has 0 fully saturated rings. The fourth-order valence-corrected chi connectivity index (χ4v) is 3.12. The summed E-state index contributed by atoms with van der Waals surface area (Å²) in [4.78, 5) is 13.0. The van der Waals surface area contributed by atoms with Crippen molar-refractivity contribution in [3.05, 3.63) is 40.2 Å². The molecule has 3 rings (SSSR count). The van der Waals surface area contributed by atoms with Gasteiger partial charge in [-0.05, 0) is 32.8 Å². The monoisotopic (exact) mass is 402 g/mol. The lowest BCUT2D eigenvalue weighted by molar-refractivity contribution is 0.0711. The quantitative estimate of drug-likeness (QED) is 0.439. The Balaban J connectivity index is 2.26. The summed E-state index contributed by atoms with van der Waals surface area (Å²) in [5, 5.41) is 50.6. The largest absolute Gasteiger partial charge is 0.508 e. The minimum atomic E-state index is -1.04. The van der Waals surface area contributed by atoms with Crippen molar-refractivity contribution in [3.8, 4) is 39.9 Å². The van der Waals surface area contributed by atoms with Gasteiger partial charge in [-0.15, -0.1) is 0 Å². The first-order valence-electron chi connectivity index (χ1n) is 8.85. The zero-order valence-electron chi connectivity index (χ0n) is 16.2. The molecule has 0 unspecified atom stereocenters. The zero-order valence-corrected chi connectivity index (χ0v) is 16.2. The first-order chi connectivity index (χ1) is 13.5. The molecule has 29 heavy (non-hydrogen) atoms. The second kappa shape index (κ2) is 7.21. The van der Waals surface area contributed by atoms with Crippen molar-refractivity contribution < 1.29 is 34.7 Å². The molecule has 0 aliphatic carbocycles. The molecular formula is C21H22O8. The first-order valence-corrected chi connectivity index (χ1v) is 8.85. The van der Waals surface area contributed by atoms with Crippen molar-refractivity contribution in [2.24, 2.45) is 0 Å². The topological polar surface area (TPSA) is 141 Å². The highest BCUT2D eigenvalue weighted by atomic mass is 16.5. The summed E-state index contributed by atoms with van der Waals surface area (Å²) in [5.41, 5.74) is -1.63. The van der Waals surface area contributed by atoms with Crippen molar-refractivity contribution >= 4 is 11.0 Å². The molecule has 0 aliphatic rings. The average molecular weight is 402 g/mol. The smallest absolute Gasteiger partial charge is 0.204 e. The molecular weight excluding hydrogens is 380 g/mol. The van der Waals surface area contributed by atoms with E-state index in [1.807, 2.05) is 0 Å². The first kappa shape index (κ1) is 20.3. The maximum atomic E-state index is 13.0. The van der Waals surface area contributed by atoms with Crippen LogP contribution in [0.3, 0.4) is 0 Å². The van der Waals surface area contributed by atoms with Crippen molar-refractivity contribution in [2.75, 3.05) is 7.11 Å². The van der Waals surface area contributed by atoms with Crippen LogP contribution < -0.4 is 10.2 Å². The standard InChI is InChI=1S/C21H22O8/c1-21(2,27)5-4-11-18(24)12(8-16(28-3)19(11)25)13-9-29-15-7-10(22)6-14(23)17(15)20(13)26/h6-9,22-25,27H,4-5H2,1-3H3. The number of rotatable bonds is 5. The summed E-state index contributed by atoms with van der Waals surface area (Å²) >= 11 is 0. The van der Waals surface area contributed by atoms with Gasteiger partial charge in [-0.25, -0.2) is 0 Å². The highest BCUT2D eigenvalue weighted by Crippen LogP contribution is 2.44. The molecule has 5 N–H and O–H groups in total. The summed E-state index contributed by atoms with van der Waals surface area (Å²) in [6, 6.07) is 3.48. The summed E-state index contributed by atoms with van der Waals surface area (Å²) < 4.78 is 10.5. The van der Waals surface area contributed by atoms with Crippen LogP contribution in [0.2, 0.25) is 0 Å². The molecule has 0 bridgehead atoms. The molecule has 0 radical (unpaired) electrons. The summed E-state index contributed by atoms with van der Waals surface area (Å²) in [6.45, 7) is 3.19. The Morgan fingerprint density at radius 2 is 1.72 bits per heavy atom. The molecule has 1 aromatic heterocycles. The maximum Gasteiger partial charge on any atom is 0.204 e. The van der Waals surface area contributed by atoms with E-state index in [9.17, 15) is 30.3 Å². The highest BCUT2D eigenvalue weighted by Gasteiger charge is 2.24. The number of aromatic hydroxyl groups is 4. The molecule has 0 aliphatic heterocycles. The van der Waals surface area contributed by atoms with Gasteiger partial charge in [0.1, 0.15) is 34.5 Å². The summed E-state index contributed by atoms with van der Waals surface area (Å²) in [5.74, 6) is -1.37. The van der Waals surface area contributed by atoms with Crippen LogP contribution in [0, 0.1) is 0 Å². The number of benzene rings is 2. The fourth-order valence-electron chi connectivity index (χ4n) is 3.12. The third-order valence-electron chi connectivity index (χ3n) is 4.67. The SMILES string of the molecule is COc1cc(-c2coc3cc(O)cc(O)c3c2=O)c(O)c(CCC(C)(C)O)c1O. The fraction of sp³-hybridized carbons (Fsp3) is 0.286. The maximum absolute atomic E-state index is 13.0. The van der Waals surface area contributed by atoms with Crippen molar-refractivity contribution in [2.45, 2.75) is 32.3 Å². The minimum absolute atomic E-state index is 0.0243. The minimum Gasteiger partial charge on any atom is -0.508 e. The van der Waals surface area contributed by atoms with Crippen LogP contribution in [0.1, 0.15) is 25.8 Å². The Labute approximate surface area is 165 Å². The van der Waals surface area contributed by atoms with E-state index in [-0.39, 0.29) is 63.5 Å². The predicted molar refractivity (Wildman–Crippen MR) is 106 cm³/mol. The number of phenolic OH excluding ortho intramolecular Hbond substituents is 4. The van der Waals surface area contributed by atoms with Crippen LogP contribution in [-0.4, -0.2) is 38.2 Å². The van der Waals surface area contributed by atoms with Crippen LogP contribution >= 0.6 is 0 Å². The van der Waals surface area contributed by atoms with E-state index in [0.717, 1.165) is 12.3 Å². The number of aliphatic hydroxyl groups is 1. The van der Waals surface area contributed by atoms with Gasteiger partial charge in [-0.2, -0.15) is 0 Å². The number of fused-ring (bicyclic) bond motifs is 1. The lowest BCUT2D eigenvalue weighted by atomic mass is 9.94. The van der Waals surface area contributed by atoms with Crippen LogP contribution in [0.4, 0.5) is 0 Å². The van der Waals surface area contributed by atoms with Gasteiger partial charge in [0.25, 0.3) is 0 Å². The molecule has 1 heterocycles. The second-order valence-corrected chi connectivity index (χ2v) is 7.43. The highest BCUT2D eigenvalue weighted by molar-refractivity contribution is 5.89. The molecule has 0 atom stereocenters. The van der Waals surface area contributed by atoms with E-state index in [4.69, 9.17) is 9.15 Å². The number of methoxy groups -OCH3 is 1. The second-order valence-electron chi connectivity index (χ2n) is 7.43. The lowest BCUT2D eigenvalue weighted by Gasteiger charge is -2.19. The van der Waals surface area contributed by atoms with Crippen LogP contribution in [0.15, 0.2) is 33.7 Å². The molecule has 8 heteroatoms. The van der Waals surface area contributed by atoms with Gasteiger partial charge in [0.15, 0.2) is 11.5 Å². The van der Waals surface area contributed by atoms with E-state index >= 15 is 0 Å². The summed E-state index contributed by atoms with van der Waals surface area (Å²) in [6.07, 6.45) is 1.44. The average Bonchev–Trinajstić information content (AvgIpc) is 2.61. The number of ether oxygens (including phenoxy) is 1.